The summed E-state index contributed by atoms with van der Waals surface area (Å²) in [5.74, 6) is 0.695. The zero-order valence-corrected chi connectivity index (χ0v) is 18.8. The van der Waals surface area contributed by atoms with E-state index in [1.54, 1.807) is 0 Å². The monoisotopic (exact) mass is 449 g/mol. The van der Waals surface area contributed by atoms with Crippen LogP contribution in [0, 0.1) is 0 Å². The summed E-state index contributed by atoms with van der Waals surface area (Å²) in [5, 5.41) is 0.557. The fraction of sp³-hybridized carbons (Fsp3) is 0.250. The number of benzene rings is 2. The van der Waals surface area contributed by atoms with Gasteiger partial charge in [-0.15, -0.1) is 0 Å². The Balaban J connectivity index is 1.40. The van der Waals surface area contributed by atoms with E-state index in [1.807, 2.05) is 61.5 Å². The second-order valence-electron chi connectivity index (χ2n) is 7.87. The molecule has 5 rings (SSSR count). The largest absolute Gasteiger partial charge is 0.426 e. The highest BCUT2D eigenvalue weighted by Crippen LogP contribution is 2.32. The van der Waals surface area contributed by atoms with Crippen molar-refractivity contribution in [3.63, 3.8) is 0 Å². The van der Waals surface area contributed by atoms with Crippen LogP contribution in [0.2, 0.25) is 5.02 Å². The fourth-order valence-electron chi connectivity index (χ4n) is 3.73. The number of ether oxygens (including phenoxy) is 2. The van der Waals surface area contributed by atoms with Gasteiger partial charge < -0.3 is 24.3 Å². The van der Waals surface area contributed by atoms with Crippen molar-refractivity contribution in [1.82, 2.24) is 15.0 Å². The number of anilines is 2. The van der Waals surface area contributed by atoms with Gasteiger partial charge in [0, 0.05) is 50.2 Å². The molecule has 0 bridgehead atoms. The van der Waals surface area contributed by atoms with Crippen LogP contribution in [-0.4, -0.2) is 55.4 Å². The summed E-state index contributed by atoms with van der Waals surface area (Å²) in [5.41, 5.74) is 5.13. The standard InChI is InChI=1S/C24H24ClN5O2/c1-29(2)18-4-3-5-19(14-18)32-24-26-21-15-20(25)22(27-23(21)28-24)16-6-8-17(9-7-16)30-10-12-31-13-11-30/h3-9,14-15H,10-13H2,1-2H3,(H,26,27,28). The van der Waals surface area contributed by atoms with Crippen molar-refractivity contribution in [3.05, 3.63) is 59.6 Å². The normalized spacial score (nSPS) is 14.0. The van der Waals surface area contributed by atoms with Gasteiger partial charge in [-0.2, -0.15) is 4.98 Å². The first-order valence-electron chi connectivity index (χ1n) is 10.5. The van der Waals surface area contributed by atoms with Gasteiger partial charge in [-0.05, 0) is 30.3 Å². The van der Waals surface area contributed by atoms with E-state index in [9.17, 15) is 0 Å². The van der Waals surface area contributed by atoms with E-state index in [2.05, 4.69) is 27.0 Å². The summed E-state index contributed by atoms with van der Waals surface area (Å²) in [4.78, 5) is 16.7. The molecule has 1 aliphatic heterocycles. The van der Waals surface area contributed by atoms with Crippen LogP contribution >= 0.6 is 11.6 Å². The number of imidazole rings is 1. The Hall–Kier alpha value is -3.29. The number of halogens is 1. The number of nitrogens with one attached hydrogen (secondary N) is 1. The number of morpholine rings is 1. The smallest absolute Gasteiger partial charge is 0.301 e. The lowest BCUT2D eigenvalue weighted by molar-refractivity contribution is 0.122. The van der Waals surface area contributed by atoms with E-state index in [-0.39, 0.29) is 0 Å². The number of pyridine rings is 1. The first kappa shape index (κ1) is 20.6. The van der Waals surface area contributed by atoms with Gasteiger partial charge in [-0.25, -0.2) is 4.98 Å². The molecule has 1 fully saturated rings. The minimum atomic E-state index is 0.374. The number of hydrogen-bond donors (Lipinski definition) is 1. The van der Waals surface area contributed by atoms with E-state index in [0.29, 0.717) is 28.1 Å². The molecule has 2 aromatic carbocycles. The van der Waals surface area contributed by atoms with Crippen LogP contribution in [0.25, 0.3) is 22.4 Å². The third-order valence-corrected chi connectivity index (χ3v) is 5.76. The summed E-state index contributed by atoms with van der Waals surface area (Å²) in [6.45, 7) is 3.32. The molecule has 0 aliphatic carbocycles. The van der Waals surface area contributed by atoms with E-state index in [0.717, 1.165) is 43.1 Å². The number of rotatable bonds is 5. The average molecular weight is 450 g/mol. The van der Waals surface area contributed by atoms with E-state index in [1.165, 1.54) is 5.69 Å². The van der Waals surface area contributed by atoms with Gasteiger partial charge in [0.2, 0.25) is 0 Å². The number of hydrogen-bond acceptors (Lipinski definition) is 6. The van der Waals surface area contributed by atoms with E-state index < -0.39 is 0 Å². The summed E-state index contributed by atoms with van der Waals surface area (Å²) in [6, 6.07) is 18.3. The second kappa shape index (κ2) is 8.68. The molecule has 0 radical (unpaired) electrons. The Morgan fingerprint density at radius 3 is 2.56 bits per heavy atom. The Morgan fingerprint density at radius 1 is 1.03 bits per heavy atom. The van der Waals surface area contributed by atoms with Crippen LogP contribution in [0.4, 0.5) is 11.4 Å². The molecule has 4 aromatic rings. The Morgan fingerprint density at radius 2 is 1.81 bits per heavy atom. The van der Waals surface area contributed by atoms with Crippen LogP contribution in [0.15, 0.2) is 54.6 Å². The summed E-state index contributed by atoms with van der Waals surface area (Å²) < 4.78 is 11.4. The predicted molar refractivity (Wildman–Crippen MR) is 128 cm³/mol. The van der Waals surface area contributed by atoms with Crippen molar-refractivity contribution < 1.29 is 9.47 Å². The maximum absolute atomic E-state index is 6.57. The maximum Gasteiger partial charge on any atom is 0.301 e. The highest BCUT2D eigenvalue weighted by molar-refractivity contribution is 6.33. The van der Waals surface area contributed by atoms with Crippen molar-refractivity contribution in [2.45, 2.75) is 0 Å². The van der Waals surface area contributed by atoms with Gasteiger partial charge in [-0.1, -0.05) is 29.8 Å². The van der Waals surface area contributed by atoms with Crippen molar-refractivity contribution in [3.8, 4) is 23.0 Å². The molecule has 1 aliphatic rings. The summed E-state index contributed by atoms with van der Waals surface area (Å²) in [6.07, 6.45) is 0. The van der Waals surface area contributed by atoms with Crippen molar-refractivity contribution in [2.24, 2.45) is 0 Å². The van der Waals surface area contributed by atoms with Gasteiger partial charge in [0.15, 0.2) is 5.65 Å². The third-order valence-electron chi connectivity index (χ3n) is 5.47. The molecule has 0 saturated carbocycles. The first-order chi connectivity index (χ1) is 15.6. The Kier molecular flexibility index (Phi) is 5.59. The van der Waals surface area contributed by atoms with Gasteiger partial charge in [0.25, 0.3) is 0 Å². The molecule has 0 spiro atoms. The van der Waals surface area contributed by atoms with Crippen LogP contribution in [-0.2, 0) is 4.74 Å². The maximum atomic E-state index is 6.57. The Labute approximate surface area is 191 Å². The molecule has 1 saturated heterocycles. The summed E-state index contributed by atoms with van der Waals surface area (Å²) in [7, 11) is 3.97. The molecule has 0 unspecified atom stereocenters. The van der Waals surface area contributed by atoms with Gasteiger partial charge in [0.1, 0.15) is 5.75 Å². The minimum absolute atomic E-state index is 0.374. The van der Waals surface area contributed by atoms with E-state index in [4.69, 9.17) is 26.1 Å². The minimum Gasteiger partial charge on any atom is -0.426 e. The fourth-order valence-corrected chi connectivity index (χ4v) is 4.00. The lowest BCUT2D eigenvalue weighted by atomic mass is 10.1. The van der Waals surface area contributed by atoms with Crippen LogP contribution in [0.3, 0.4) is 0 Å². The predicted octanol–water partition coefficient (Wildman–Crippen LogP) is 4.97. The Bertz CT molecular complexity index is 1230. The molecule has 8 heteroatoms. The van der Waals surface area contributed by atoms with Crippen LogP contribution in [0.1, 0.15) is 0 Å². The number of nitrogens with zero attached hydrogens (tertiary/aromatic N) is 4. The van der Waals surface area contributed by atoms with Gasteiger partial charge >= 0.3 is 6.01 Å². The van der Waals surface area contributed by atoms with Crippen molar-refractivity contribution >= 4 is 34.1 Å². The molecule has 0 atom stereocenters. The summed E-state index contributed by atoms with van der Waals surface area (Å²) >= 11 is 6.57. The second-order valence-corrected chi connectivity index (χ2v) is 8.28. The first-order valence-corrected chi connectivity index (χ1v) is 10.9. The van der Waals surface area contributed by atoms with Crippen molar-refractivity contribution in [2.75, 3.05) is 50.2 Å². The van der Waals surface area contributed by atoms with Crippen LogP contribution < -0.4 is 14.5 Å². The number of aromatic nitrogens is 3. The quantitative estimate of drug-likeness (QED) is 0.464. The molecule has 3 heterocycles. The van der Waals surface area contributed by atoms with Gasteiger partial charge in [-0.3, -0.25) is 0 Å². The SMILES string of the molecule is CN(C)c1cccc(Oc2nc3nc(-c4ccc(N5CCOCC5)cc4)c(Cl)cc3[nH]2)c1. The zero-order valence-electron chi connectivity index (χ0n) is 18.0. The highest BCUT2D eigenvalue weighted by Gasteiger charge is 2.15. The molecule has 0 amide bonds. The molecule has 7 nitrogen and oxygen atoms in total. The topological polar surface area (TPSA) is 66.5 Å². The number of aromatic amines is 1. The number of fused-ring (bicyclic) bond motifs is 1. The molecular weight excluding hydrogens is 426 g/mol. The molecule has 164 valence electrons. The average Bonchev–Trinajstić information content (AvgIpc) is 3.20. The third kappa shape index (κ3) is 4.22. The van der Waals surface area contributed by atoms with Crippen molar-refractivity contribution in [1.29, 1.82) is 0 Å². The van der Waals surface area contributed by atoms with E-state index >= 15 is 0 Å². The lowest BCUT2D eigenvalue weighted by Crippen LogP contribution is -2.36. The molecule has 32 heavy (non-hydrogen) atoms. The molecule has 1 N–H and O–H groups in total. The molecular formula is C24H24ClN5O2. The van der Waals surface area contributed by atoms with Crippen LogP contribution in [0.5, 0.6) is 11.8 Å². The lowest BCUT2D eigenvalue weighted by Gasteiger charge is -2.28. The zero-order chi connectivity index (χ0) is 22.1. The highest BCUT2D eigenvalue weighted by atomic mass is 35.5. The van der Waals surface area contributed by atoms with Gasteiger partial charge in [0.05, 0.1) is 29.4 Å². The molecule has 2 aromatic heterocycles. The number of H-pyrrole nitrogens is 1.